The van der Waals surface area contributed by atoms with E-state index in [9.17, 15) is 20.4 Å². The Morgan fingerprint density at radius 1 is 0.341 bits per heavy atom. The number of hydrogen-bond acceptors (Lipinski definition) is 8. The Balaban J connectivity index is 1.53. The Hall–Kier alpha value is -6.56. The molecule has 0 unspecified atom stereocenters. The van der Waals surface area contributed by atoms with Crippen LogP contribution in [-0.2, 0) is 0 Å². The predicted molar refractivity (Wildman–Crippen MR) is 163 cm³/mol. The van der Waals surface area contributed by atoms with Gasteiger partial charge in [-0.2, -0.15) is 0 Å². The molecule has 5 heterocycles. The fourth-order valence-electron chi connectivity index (χ4n) is 5.97. The molecular weight excluding hydrogens is 560 g/mol. The summed E-state index contributed by atoms with van der Waals surface area (Å²) in [5.74, 6) is -1.21. The molecule has 0 amide bonds. The van der Waals surface area contributed by atoms with Crippen LogP contribution in [0.5, 0.6) is 23.0 Å². The van der Waals surface area contributed by atoms with Gasteiger partial charge in [-0.25, -0.2) is 20.0 Å². The normalized spacial score (nSPS) is 12.7. The number of aromatic nitrogens is 4. The molecule has 0 atom stereocenters. The maximum atomic E-state index is 11.0. The molecule has 8 N–H and O–H groups in total. The molecule has 0 saturated heterocycles. The molecule has 12 heteroatoms. The first kappa shape index (κ1) is 24.1. The third-order valence-electron chi connectivity index (χ3n) is 8.02. The molecule has 4 aromatic carbocycles. The lowest BCUT2D eigenvalue weighted by Gasteiger charge is -2.05. The number of aromatic amines is 4. The third-order valence-corrected chi connectivity index (χ3v) is 8.02. The quantitative estimate of drug-likeness (QED) is 0.0963. The largest absolute Gasteiger partial charge is 0.504 e. The number of phenolic OH excluding ortho intramolecular Hbond substituents is 4. The van der Waals surface area contributed by atoms with Crippen LogP contribution < -0.4 is 22.0 Å². The zero-order valence-corrected chi connectivity index (χ0v) is 22.5. The van der Waals surface area contributed by atoms with Crippen molar-refractivity contribution in [1.29, 1.82) is 0 Å². The lowest BCUT2D eigenvalue weighted by molar-refractivity contribution is 0.350. The first-order valence-corrected chi connectivity index (χ1v) is 13.7. The number of nitrogens with one attached hydrogen (secondary N) is 4. The summed E-state index contributed by atoms with van der Waals surface area (Å²) < 4.78 is 0. The molecule has 12 nitrogen and oxygen atoms in total. The second kappa shape index (κ2) is 8.49. The van der Waals surface area contributed by atoms with Crippen LogP contribution in [0.1, 0.15) is 0 Å². The van der Waals surface area contributed by atoms with Crippen LogP contribution in [0.4, 0.5) is 23.3 Å². The smallest absolute Gasteiger partial charge is 0.205 e. The van der Waals surface area contributed by atoms with Crippen molar-refractivity contribution in [3.63, 3.8) is 0 Å². The van der Waals surface area contributed by atoms with Gasteiger partial charge < -0.3 is 40.4 Å². The maximum absolute atomic E-state index is 11.0. The van der Waals surface area contributed by atoms with Gasteiger partial charge in [0, 0.05) is 32.3 Å². The Morgan fingerprint density at radius 3 is 1.00 bits per heavy atom. The molecule has 0 spiro atoms. The first-order chi connectivity index (χ1) is 21.5. The van der Waals surface area contributed by atoms with Gasteiger partial charge in [0.15, 0.2) is 11.5 Å². The number of nitrogens with zero attached hydrogens (tertiary/aromatic N) is 4. The van der Waals surface area contributed by atoms with Gasteiger partial charge in [0.05, 0.1) is 10.8 Å². The van der Waals surface area contributed by atoms with Crippen LogP contribution in [0.25, 0.3) is 43.1 Å². The van der Waals surface area contributed by atoms with Crippen molar-refractivity contribution in [2.75, 3.05) is 0 Å². The van der Waals surface area contributed by atoms with Gasteiger partial charge in [-0.1, -0.05) is 72.8 Å². The predicted octanol–water partition coefficient (Wildman–Crippen LogP) is 4.55. The third kappa shape index (κ3) is 3.21. The summed E-state index contributed by atoms with van der Waals surface area (Å²) in [7, 11) is 0. The van der Waals surface area contributed by atoms with Gasteiger partial charge >= 0.3 is 0 Å². The molecule has 0 fully saturated rings. The summed E-state index contributed by atoms with van der Waals surface area (Å²) in [5.41, 5.74) is 1.37. The highest BCUT2D eigenvalue weighted by atomic mass is 16.3. The lowest BCUT2D eigenvalue weighted by atomic mass is 10.1. The van der Waals surface area contributed by atoms with Crippen LogP contribution in [-0.4, -0.2) is 40.4 Å². The van der Waals surface area contributed by atoms with Gasteiger partial charge in [-0.3, -0.25) is 0 Å². The van der Waals surface area contributed by atoms with Crippen molar-refractivity contribution >= 4 is 66.4 Å². The molecule has 44 heavy (non-hydrogen) atoms. The minimum atomic E-state index is -0.879. The van der Waals surface area contributed by atoms with Gasteiger partial charge in [-0.15, -0.1) is 0 Å². The molecule has 8 aromatic rings. The van der Waals surface area contributed by atoms with Crippen LogP contribution in [0.3, 0.4) is 0 Å². The molecule has 0 saturated carbocycles. The van der Waals surface area contributed by atoms with Crippen molar-refractivity contribution in [1.82, 2.24) is 19.9 Å². The Bertz CT molecular complexity index is 2600. The molecule has 9 rings (SSSR count). The monoisotopic (exact) mass is 580 g/mol. The fraction of sp³-hybridized carbons (Fsp3) is 0. The Labute approximate surface area is 244 Å². The van der Waals surface area contributed by atoms with Crippen LogP contribution in [0, 0.1) is 0 Å². The first-order valence-electron chi connectivity index (χ1n) is 13.7. The average Bonchev–Trinajstić information content (AvgIpc) is 3.78. The van der Waals surface area contributed by atoms with Crippen molar-refractivity contribution in [3.05, 3.63) is 94.7 Å². The van der Waals surface area contributed by atoms with Crippen molar-refractivity contribution in [2.45, 2.75) is 0 Å². The zero-order valence-electron chi connectivity index (χ0n) is 22.5. The van der Waals surface area contributed by atoms with Gasteiger partial charge in [-0.05, 0) is 0 Å². The second-order valence-electron chi connectivity index (χ2n) is 10.5. The highest BCUT2D eigenvalue weighted by Crippen LogP contribution is 2.47. The molecule has 0 radical (unpaired) electrons. The summed E-state index contributed by atoms with van der Waals surface area (Å²) in [6.45, 7) is 0. The molecule has 4 aromatic heterocycles. The van der Waals surface area contributed by atoms with E-state index in [1.165, 1.54) is 0 Å². The van der Waals surface area contributed by atoms with E-state index in [2.05, 4.69) is 19.9 Å². The van der Waals surface area contributed by atoms with E-state index >= 15 is 0 Å². The van der Waals surface area contributed by atoms with E-state index in [1.54, 1.807) is 0 Å². The number of aromatic hydroxyl groups is 4. The number of phenols is 4. The van der Waals surface area contributed by atoms with E-state index in [0.717, 1.165) is 32.3 Å². The van der Waals surface area contributed by atoms with E-state index in [-0.39, 0.29) is 21.7 Å². The Morgan fingerprint density at radius 2 is 0.636 bits per heavy atom. The SMILES string of the molecule is Oc1c(O)c(O)c2c3[nH]c(c2c1O)=Nc1[nH]c(c2ccccc12)N=c1[nH]c(c2ccccc12)=Nc1[nH]c(c2ccccc12)N=3. The second-order valence-corrected chi connectivity index (χ2v) is 10.5. The molecular formula is C32H20N8O4. The van der Waals surface area contributed by atoms with Gasteiger partial charge in [0.1, 0.15) is 45.2 Å². The number of fused-ring (bicyclic) bond motifs is 20. The topological polar surface area (TPSA) is 194 Å². The lowest BCUT2D eigenvalue weighted by Crippen LogP contribution is -2.10. The van der Waals surface area contributed by atoms with Crippen LogP contribution in [0.2, 0.25) is 0 Å². The number of hydrogen-bond donors (Lipinski definition) is 8. The standard InChI is InChI=1S/C32H20N8O4/c41-21-19-20(22(42)24(44)23(21)43)32-39-30-18-12-6-4-10-16(18)28(37-30)35-26-14-8-2-1-7-13(14)25(33-26)34-27-15-9-3-5-11-17(15)29(36-27)38-31(19)40-32/h1-12,41-44H,(H4,33,34,35,36,37,38,39,40). The molecule has 212 valence electrons. The highest BCUT2D eigenvalue weighted by molar-refractivity contribution is 6.02. The minimum absolute atomic E-state index is 0.0293. The number of rotatable bonds is 0. The van der Waals surface area contributed by atoms with E-state index < -0.39 is 23.0 Å². The maximum Gasteiger partial charge on any atom is 0.205 e. The Kier molecular flexibility index (Phi) is 4.64. The number of H-pyrrole nitrogens is 4. The van der Waals surface area contributed by atoms with Gasteiger partial charge in [0.2, 0.25) is 11.5 Å². The highest BCUT2D eigenvalue weighted by Gasteiger charge is 2.23. The average molecular weight is 581 g/mol. The minimum Gasteiger partial charge on any atom is -0.504 e. The van der Waals surface area contributed by atoms with E-state index in [0.29, 0.717) is 34.2 Å². The van der Waals surface area contributed by atoms with Crippen molar-refractivity contribution < 1.29 is 20.4 Å². The molecule has 1 aliphatic rings. The fourth-order valence-corrected chi connectivity index (χ4v) is 5.97. The van der Waals surface area contributed by atoms with E-state index in [1.807, 2.05) is 72.8 Å². The van der Waals surface area contributed by atoms with Crippen molar-refractivity contribution in [3.8, 4) is 23.0 Å². The molecule has 8 bridgehead atoms. The molecule has 0 aliphatic carbocycles. The van der Waals surface area contributed by atoms with Crippen LogP contribution in [0.15, 0.2) is 92.8 Å². The van der Waals surface area contributed by atoms with Crippen LogP contribution >= 0.6 is 0 Å². The summed E-state index contributed by atoms with van der Waals surface area (Å²) >= 11 is 0. The number of benzene rings is 4. The van der Waals surface area contributed by atoms with E-state index in [4.69, 9.17) is 20.0 Å². The summed E-state index contributed by atoms with van der Waals surface area (Å²) in [6.07, 6.45) is 0. The van der Waals surface area contributed by atoms with Gasteiger partial charge in [0.25, 0.3) is 0 Å². The summed E-state index contributed by atoms with van der Waals surface area (Å²) in [5, 5.41) is 47.6. The van der Waals surface area contributed by atoms with Crippen molar-refractivity contribution in [2.24, 2.45) is 20.0 Å². The molecule has 1 aliphatic heterocycles. The summed E-state index contributed by atoms with van der Waals surface area (Å²) in [6, 6.07) is 23.0. The zero-order chi connectivity index (χ0) is 29.7. The summed E-state index contributed by atoms with van der Waals surface area (Å²) in [4.78, 5) is 32.6.